The molecule has 2 aromatic heterocycles. The third-order valence-corrected chi connectivity index (χ3v) is 2.33. The van der Waals surface area contributed by atoms with Crippen molar-refractivity contribution in [1.29, 1.82) is 0 Å². The van der Waals surface area contributed by atoms with Crippen LogP contribution in [-0.2, 0) is 0 Å². The molecule has 3 rings (SSSR count). The van der Waals surface area contributed by atoms with Crippen molar-refractivity contribution in [1.82, 2.24) is 4.40 Å². The van der Waals surface area contributed by atoms with Gasteiger partial charge in [0.2, 0.25) is 0 Å². The molecule has 0 unspecified atom stereocenters. The Balaban J connectivity index is 2.72. The molecule has 2 heterocycles. The van der Waals surface area contributed by atoms with E-state index in [1.165, 1.54) is 6.26 Å². The Bertz CT molecular complexity index is 663. The van der Waals surface area contributed by atoms with Crippen LogP contribution in [0.4, 0.5) is 0 Å². The van der Waals surface area contributed by atoms with E-state index in [0.29, 0.717) is 0 Å². The van der Waals surface area contributed by atoms with Gasteiger partial charge in [0.15, 0.2) is 0 Å². The van der Waals surface area contributed by atoms with Crippen molar-refractivity contribution in [2.24, 2.45) is 0 Å². The van der Waals surface area contributed by atoms with Gasteiger partial charge in [0.1, 0.15) is 6.26 Å². The van der Waals surface area contributed by atoms with Gasteiger partial charge < -0.3 is 4.42 Å². The molecule has 0 aliphatic rings. The van der Waals surface area contributed by atoms with E-state index in [2.05, 4.69) is 0 Å². The molecule has 0 atom stereocenters. The molecule has 3 aromatic rings. The zero-order valence-electron chi connectivity index (χ0n) is 7.31. The summed E-state index contributed by atoms with van der Waals surface area (Å²) in [7, 11) is 0. The summed E-state index contributed by atoms with van der Waals surface area (Å²) < 4.78 is 6.40. The first-order valence-electron chi connectivity index (χ1n) is 4.34. The highest BCUT2D eigenvalue weighted by atomic mass is 16.4. The SMILES string of the molecule is O=c1occ2ccc3ccccc3n12. The van der Waals surface area contributed by atoms with Crippen LogP contribution in [0.5, 0.6) is 0 Å². The number of fused-ring (bicyclic) bond motifs is 3. The van der Waals surface area contributed by atoms with E-state index >= 15 is 0 Å². The van der Waals surface area contributed by atoms with E-state index < -0.39 is 0 Å². The Morgan fingerprint density at radius 2 is 1.93 bits per heavy atom. The number of benzene rings is 1. The Kier molecular flexibility index (Phi) is 1.31. The van der Waals surface area contributed by atoms with E-state index in [1.54, 1.807) is 4.40 Å². The number of pyridine rings is 1. The number of hydrogen-bond donors (Lipinski definition) is 0. The standard InChI is InChI=1S/C11H7NO2/c13-11-12-9(7-14-11)6-5-8-3-1-2-4-10(8)12/h1-7H. The number of nitrogens with zero attached hydrogens (tertiary/aromatic N) is 1. The lowest BCUT2D eigenvalue weighted by molar-refractivity contribution is 0.510. The third kappa shape index (κ3) is 0.836. The first-order valence-corrected chi connectivity index (χ1v) is 4.34. The molecule has 68 valence electrons. The summed E-state index contributed by atoms with van der Waals surface area (Å²) in [5.41, 5.74) is 1.66. The predicted octanol–water partition coefficient (Wildman–Crippen LogP) is 2.05. The van der Waals surface area contributed by atoms with Crippen LogP contribution in [0.1, 0.15) is 0 Å². The molecule has 1 aromatic carbocycles. The number of rotatable bonds is 0. The Morgan fingerprint density at radius 3 is 2.86 bits per heavy atom. The second kappa shape index (κ2) is 2.48. The molecule has 0 bridgehead atoms. The maximum Gasteiger partial charge on any atom is 0.424 e. The fraction of sp³-hybridized carbons (Fsp3) is 0. The van der Waals surface area contributed by atoms with Crippen molar-refractivity contribution in [2.45, 2.75) is 0 Å². The van der Waals surface area contributed by atoms with Crippen molar-refractivity contribution in [2.75, 3.05) is 0 Å². The van der Waals surface area contributed by atoms with Gasteiger partial charge in [-0.15, -0.1) is 0 Å². The second-order valence-electron chi connectivity index (χ2n) is 3.15. The minimum Gasteiger partial charge on any atom is -0.415 e. The fourth-order valence-electron chi connectivity index (χ4n) is 1.68. The van der Waals surface area contributed by atoms with Crippen LogP contribution in [0.2, 0.25) is 0 Å². The van der Waals surface area contributed by atoms with Crippen LogP contribution >= 0.6 is 0 Å². The molecule has 0 radical (unpaired) electrons. The highest BCUT2D eigenvalue weighted by Crippen LogP contribution is 2.14. The summed E-state index contributed by atoms with van der Waals surface area (Å²) in [5, 5.41) is 1.03. The smallest absolute Gasteiger partial charge is 0.415 e. The van der Waals surface area contributed by atoms with Crippen molar-refractivity contribution in [3.05, 3.63) is 53.2 Å². The zero-order valence-corrected chi connectivity index (χ0v) is 7.31. The van der Waals surface area contributed by atoms with Gasteiger partial charge in [-0.1, -0.05) is 24.3 Å². The van der Waals surface area contributed by atoms with Crippen LogP contribution in [-0.4, -0.2) is 4.40 Å². The minimum absolute atomic E-state index is 0.336. The number of oxazole rings is 1. The first-order chi connectivity index (χ1) is 6.86. The summed E-state index contributed by atoms with van der Waals surface area (Å²) in [6, 6.07) is 11.6. The summed E-state index contributed by atoms with van der Waals surface area (Å²) in [6.45, 7) is 0. The van der Waals surface area contributed by atoms with Gasteiger partial charge in [0, 0.05) is 0 Å². The van der Waals surface area contributed by atoms with E-state index in [0.717, 1.165) is 16.4 Å². The lowest BCUT2D eigenvalue weighted by Gasteiger charge is -1.98. The van der Waals surface area contributed by atoms with Crippen molar-refractivity contribution in [3.63, 3.8) is 0 Å². The van der Waals surface area contributed by atoms with Crippen molar-refractivity contribution < 1.29 is 4.42 Å². The van der Waals surface area contributed by atoms with Crippen LogP contribution in [0.15, 0.2) is 51.9 Å². The van der Waals surface area contributed by atoms with Crippen LogP contribution < -0.4 is 5.76 Å². The van der Waals surface area contributed by atoms with Crippen LogP contribution in [0.25, 0.3) is 16.4 Å². The zero-order chi connectivity index (χ0) is 9.54. The van der Waals surface area contributed by atoms with Gasteiger partial charge in [-0.2, -0.15) is 0 Å². The Morgan fingerprint density at radius 1 is 1.07 bits per heavy atom. The molecule has 0 spiro atoms. The highest BCUT2D eigenvalue weighted by Gasteiger charge is 2.03. The molecular formula is C11H7NO2. The average molecular weight is 185 g/mol. The maximum atomic E-state index is 11.4. The average Bonchev–Trinajstić information content (AvgIpc) is 2.61. The maximum absolute atomic E-state index is 11.4. The molecule has 0 aliphatic carbocycles. The van der Waals surface area contributed by atoms with Gasteiger partial charge in [-0.05, 0) is 17.5 Å². The van der Waals surface area contributed by atoms with E-state index in [1.807, 2.05) is 36.4 Å². The molecule has 0 saturated carbocycles. The molecule has 0 N–H and O–H groups in total. The van der Waals surface area contributed by atoms with E-state index in [9.17, 15) is 4.79 Å². The summed E-state index contributed by atoms with van der Waals surface area (Å²) >= 11 is 0. The third-order valence-electron chi connectivity index (χ3n) is 2.33. The molecule has 3 heteroatoms. The number of hydrogen-bond acceptors (Lipinski definition) is 2. The highest BCUT2D eigenvalue weighted by molar-refractivity contribution is 5.82. The largest absolute Gasteiger partial charge is 0.424 e. The fourth-order valence-corrected chi connectivity index (χ4v) is 1.68. The van der Waals surface area contributed by atoms with Gasteiger partial charge in [-0.3, -0.25) is 0 Å². The lowest BCUT2D eigenvalue weighted by atomic mass is 10.2. The Labute approximate surface area is 79.2 Å². The molecule has 3 nitrogen and oxygen atoms in total. The van der Waals surface area contributed by atoms with Crippen molar-refractivity contribution >= 4 is 16.4 Å². The molecule has 0 saturated heterocycles. The molecule has 0 amide bonds. The summed E-state index contributed by atoms with van der Waals surface area (Å²) in [5.74, 6) is -0.336. The normalized spacial score (nSPS) is 11.1. The van der Waals surface area contributed by atoms with Gasteiger partial charge in [0.05, 0.1) is 11.0 Å². The minimum atomic E-state index is -0.336. The lowest BCUT2D eigenvalue weighted by Crippen LogP contribution is -2.05. The number of aromatic nitrogens is 1. The van der Waals surface area contributed by atoms with Gasteiger partial charge in [-0.25, -0.2) is 9.20 Å². The Hall–Kier alpha value is -2.03. The first kappa shape index (κ1) is 7.38. The molecule has 14 heavy (non-hydrogen) atoms. The molecular weight excluding hydrogens is 178 g/mol. The van der Waals surface area contributed by atoms with E-state index in [-0.39, 0.29) is 5.76 Å². The quantitative estimate of drug-likeness (QED) is 0.537. The monoisotopic (exact) mass is 185 g/mol. The van der Waals surface area contributed by atoms with Crippen molar-refractivity contribution in [3.8, 4) is 0 Å². The van der Waals surface area contributed by atoms with Gasteiger partial charge in [0.25, 0.3) is 0 Å². The molecule has 0 aliphatic heterocycles. The summed E-state index contributed by atoms with van der Waals surface area (Å²) in [6.07, 6.45) is 1.47. The second-order valence-corrected chi connectivity index (χ2v) is 3.15. The van der Waals surface area contributed by atoms with Crippen LogP contribution in [0.3, 0.4) is 0 Å². The summed E-state index contributed by atoms with van der Waals surface area (Å²) in [4.78, 5) is 11.4. The topological polar surface area (TPSA) is 34.6 Å². The predicted molar refractivity (Wildman–Crippen MR) is 53.4 cm³/mol. The van der Waals surface area contributed by atoms with Gasteiger partial charge >= 0.3 is 5.76 Å². The molecule has 0 fully saturated rings. The number of para-hydroxylation sites is 1. The van der Waals surface area contributed by atoms with E-state index in [4.69, 9.17) is 4.42 Å². The van der Waals surface area contributed by atoms with Crippen LogP contribution in [0, 0.1) is 0 Å².